The van der Waals surface area contributed by atoms with Crippen molar-refractivity contribution in [3.63, 3.8) is 0 Å². The fourth-order valence-electron chi connectivity index (χ4n) is 6.18. The van der Waals surface area contributed by atoms with Crippen LogP contribution in [-0.4, -0.2) is 115 Å². The summed E-state index contributed by atoms with van der Waals surface area (Å²) in [6.07, 6.45) is 3.57. The number of aromatic nitrogens is 2. The molecule has 1 aliphatic carbocycles. The predicted molar refractivity (Wildman–Crippen MR) is 187 cm³/mol. The van der Waals surface area contributed by atoms with E-state index < -0.39 is 42.0 Å². The van der Waals surface area contributed by atoms with Gasteiger partial charge in [0.25, 0.3) is 5.91 Å². The van der Waals surface area contributed by atoms with Crippen molar-refractivity contribution in [2.24, 2.45) is 17.8 Å². The van der Waals surface area contributed by atoms with E-state index in [-0.39, 0.29) is 54.4 Å². The second kappa shape index (κ2) is 18.1. The molecule has 14 nitrogen and oxygen atoms in total. The maximum atomic E-state index is 14.0. The Kier molecular flexibility index (Phi) is 14.3. The van der Waals surface area contributed by atoms with Crippen LogP contribution in [0.2, 0.25) is 0 Å². The largest absolute Gasteiger partial charge is 0.469 e. The highest BCUT2D eigenvalue weighted by molar-refractivity contribution is 7.10. The number of amides is 3. The molecule has 1 saturated heterocycles. The lowest BCUT2D eigenvalue weighted by molar-refractivity contribution is -0.149. The Morgan fingerprint density at radius 2 is 1.86 bits per heavy atom. The van der Waals surface area contributed by atoms with Crippen LogP contribution in [0.25, 0.3) is 0 Å². The van der Waals surface area contributed by atoms with Gasteiger partial charge in [-0.25, -0.2) is 9.97 Å². The zero-order chi connectivity index (χ0) is 36.5. The summed E-state index contributed by atoms with van der Waals surface area (Å²) in [4.78, 5) is 77.6. The Bertz CT molecular complexity index is 1470. The smallest absolute Gasteiger partial charge is 0.308 e. The first-order chi connectivity index (χ1) is 23.8. The summed E-state index contributed by atoms with van der Waals surface area (Å²) >= 11 is 2.65. The van der Waals surface area contributed by atoms with E-state index in [1.54, 1.807) is 30.4 Å². The van der Waals surface area contributed by atoms with E-state index >= 15 is 0 Å². The highest BCUT2D eigenvalue weighted by Gasteiger charge is 2.42. The van der Waals surface area contributed by atoms with Crippen LogP contribution < -0.4 is 10.6 Å². The third-order valence-corrected chi connectivity index (χ3v) is 11.0. The normalized spacial score (nSPS) is 19.5. The van der Waals surface area contributed by atoms with Crippen molar-refractivity contribution in [2.75, 3.05) is 41.0 Å². The Labute approximate surface area is 301 Å². The summed E-state index contributed by atoms with van der Waals surface area (Å²) in [6.45, 7) is 8.49. The summed E-state index contributed by atoms with van der Waals surface area (Å²) in [5.41, 5.74) is 0.149. The summed E-state index contributed by atoms with van der Waals surface area (Å²) in [5, 5.41) is 10.7. The molecule has 2 aromatic heterocycles. The molecule has 50 heavy (non-hydrogen) atoms. The second-order valence-corrected chi connectivity index (χ2v) is 15.4. The maximum Gasteiger partial charge on any atom is 0.308 e. The number of hydrogen-bond acceptors (Lipinski definition) is 13. The molecular formula is C34H50N6O8S2. The number of ether oxygens (including phenoxy) is 3. The Morgan fingerprint density at radius 3 is 2.46 bits per heavy atom. The number of nitrogens with zero attached hydrogens (tertiary/aromatic N) is 4. The zero-order valence-electron chi connectivity index (χ0n) is 29.9. The van der Waals surface area contributed by atoms with E-state index in [1.165, 1.54) is 36.7 Å². The van der Waals surface area contributed by atoms with Crippen LogP contribution in [0.4, 0.5) is 0 Å². The van der Waals surface area contributed by atoms with Gasteiger partial charge in [0, 0.05) is 62.4 Å². The van der Waals surface area contributed by atoms with Crippen molar-refractivity contribution in [2.45, 2.75) is 90.1 Å². The lowest BCUT2D eigenvalue weighted by Crippen LogP contribution is -2.58. The molecule has 0 spiro atoms. The van der Waals surface area contributed by atoms with Crippen molar-refractivity contribution < 1.29 is 38.2 Å². The zero-order valence-corrected chi connectivity index (χ0v) is 31.5. The van der Waals surface area contributed by atoms with Crippen LogP contribution in [0, 0.1) is 17.8 Å². The van der Waals surface area contributed by atoms with Gasteiger partial charge in [0.2, 0.25) is 11.8 Å². The topological polar surface area (TPSA) is 169 Å². The summed E-state index contributed by atoms with van der Waals surface area (Å²) < 4.78 is 16.2. The summed E-state index contributed by atoms with van der Waals surface area (Å²) in [6, 6.07) is -1.93. The van der Waals surface area contributed by atoms with Crippen LogP contribution in [-0.2, 0) is 39.8 Å². The highest BCUT2D eigenvalue weighted by atomic mass is 32.1. The van der Waals surface area contributed by atoms with Crippen molar-refractivity contribution in [1.29, 1.82) is 0 Å². The molecular weight excluding hydrogens is 685 g/mol. The van der Waals surface area contributed by atoms with Crippen molar-refractivity contribution in [3.8, 4) is 0 Å². The molecule has 2 N–H and O–H groups in total. The Balaban J connectivity index is 1.48. The lowest BCUT2D eigenvalue weighted by atomic mass is 9.95. The van der Waals surface area contributed by atoms with Crippen molar-refractivity contribution in [1.82, 2.24) is 30.4 Å². The quantitative estimate of drug-likeness (QED) is 0.229. The fraction of sp³-hybridized carbons (Fsp3) is 0.676. The first-order valence-electron chi connectivity index (χ1n) is 17.0. The predicted octanol–water partition coefficient (Wildman–Crippen LogP) is 2.84. The Hall–Kier alpha value is -3.47. The van der Waals surface area contributed by atoms with Crippen LogP contribution in [0.1, 0.15) is 80.0 Å². The van der Waals surface area contributed by atoms with E-state index in [0.717, 1.165) is 17.8 Å². The van der Waals surface area contributed by atoms with Gasteiger partial charge in [0.15, 0.2) is 6.10 Å². The SMILES string of the molecule is COC(=O)[C@@H](C)C[C@H](Cc1nccs1)NC(=O)c1csc([C@@H](C[C@H](C(C)C)N(C)C(=O)[C@@H](NC(=O)[C@H]2COCCN2C)C2CC2)OC(C)=O)n1. The number of hydrogen-bond donors (Lipinski definition) is 2. The van der Waals surface area contributed by atoms with Gasteiger partial charge in [-0.3, -0.25) is 28.9 Å². The number of nitrogens with one attached hydrogen (secondary N) is 2. The minimum absolute atomic E-state index is 0.0402. The maximum absolute atomic E-state index is 14.0. The molecule has 16 heteroatoms. The van der Waals surface area contributed by atoms with Gasteiger partial charge >= 0.3 is 11.9 Å². The number of rotatable bonds is 17. The number of methoxy groups -OCH3 is 1. The van der Waals surface area contributed by atoms with Gasteiger partial charge in [0.05, 0.1) is 31.2 Å². The van der Waals surface area contributed by atoms with Gasteiger partial charge in [-0.15, -0.1) is 22.7 Å². The monoisotopic (exact) mass is 734 g/mol. The van der Waals surface area contributed by atoms with Gasteiger partial charge < -0.3 is 29.7 Å². The van der Waals surface area contributed by atoms with Gasteiger partial charge in [-0.05, 0) is 38.1 Å². The molecule has 0 aromatic carbocycles. The molecule has 1 saturated carbocycles. The molecule has 2 aliphatic rings. The van der Waals surface area contributed by atoms with Gasteiger partial charge in [-0.1, -0.05) is 20.8 Å². The number of morpholine rings is 1. The van der Waals surface area contributed by atoms with E-state index in [0.29, 0.717) is 31.0 Å². The average molecular weight is 735 g/mol. The minimum Gasteiger partial charge on any atom is -0.469 e. The molecule has 1 aliphatic heterocycles. The van der Waals surface area contributed by atoms with Crippen LogP contribution in [0.3, 0.4) is 0 Å². The molecule has 0 bridgehead atoms. The average Bonchev–Trinajstić information content (AvgIpc) is 3.55. The van der Waals surface area contributed by atoms with E-state index in [2.05, 4.69) is 20.6 Å². The second-order valence-electron chi connectivity index (χ2n) is 13.5. The lowest BCUT2D eigenvalue weighted by Gasteiger charge is -2.37. The van der Waals surface area contributed by atoms with Crippen LogP contribution >= 0.6 is 22.7 Å². The number of carbonyl (C=O) groups is 5. The number of esters is 2. The summed E-state index contributed by atoms with van der Waals surface area (Å²) in [7, 11) is 4.92. The number of likely N-dealkylation sites (N-methyl/N-ethyl adjacent to an activating group) is 2. The number of thiazole rings is 2. The van der Waals surface area contributed by atoms with Crippen LogP contribution in [0.5, 0.6) is 0 Å². The van der Waals surface area contributed by atoms with Crippen molar-refractivity contribution in [3.05, 3.63) is 32.7 Å². The first kappa shape index (κ1) is 39.3. The third kappa shape index (κ3) is 10.8. The standard InChI is InChI=1S/C34H50N6O8S2/c1-19(2)25(40(6)33(44)29(22-8-9-22)38-31(43)26-17-47-12-11-39(26)5)16-27(48-21(4)41)32-37-24(18-50-32)30(42)36-23(14-20(3)34(45)46-7)15-28-35-10-13-49-28/h10,13,18-20,22-23,25-27,29H,8-9,11-12,14-17H2,1-7H3,(H,36,42)(H,38,43)/t20-,23+,25+,26+,27+,29-/m0/s1. The molecule has 6 atom stereocenters. The van der Waals surface area contributed by atoms with E-state index in [9.17, 15) is 24.0 Å². The third-order valence-electron chi connectivity index (χ3n) is 9.25. The Morgan fingerprint density at radius 1 is 1.12 bits per heavy atom. The molecule has 2 fully saturated rings. The molecule has 4 rings (SSSR count). The van der Waals surface area contributed by atoms with Crippen molar-refractivity contribution >= 4 is 52.3 Å². The molecule has 0 unspecified atom stereocenters. The van der Waals surface area contributed by atoms with E-state index in [4.69, 9.17) is 14.2 Å². The molecule has 3 heterocycles. The highest BCUT2D eigenvalue weighted by Crippen LogP contribution is 2.35. The van der Waals surface area contributed by atoms with Gasteiger partial charge in [0.1, 0.15) is 22.8 Å². The fourth-order valence-corrected chi connectivity index (χ4v) is 7.72. The molecule has 0 radical (unpaired) electrons. The number of carbonyl (C=O) groups excluding carboxylic acids is 5. The minimum atomic E-state index is -0.825. The summed E-state index contributed by atoms with van der Waals surface area (Å²) in [5.74, 6) is -2.19. The van der Waals surface area contributed by atoms with E-state index in [1.807, 2.05) is 31.2 Å². The van der Waals surface area contributed by atoms with Crippen LogP contribution in [0.15, 0.2) is 17.0 Å². The first-order valence-corrected chi connectivity index (χ1v) is 18.8. The molecule has 2 aromatic rings. The molecule has 276 valence electrons. The molecule has 3 amide bonds. The van der Waals surface area contributed by atoms with Gasteiger partial charge in [-0.2, -0.15) is 0 Å².